The third kappa shape index (κ3) is 4.29. The molecule has 2 aromatic rings. The van der Waals surface area contributed by atoms with Gasteiger partial charge in [-0.15, -0.1) is 0 Å². The lowest BCUT2D eigenvalue weighted by molar-refractivity contribution is 0.255. The van der Waals surface area contributed by atoms with E-state index in [9.17, 15) is 5.11 Å². The van der Waals surface area contributed by atoms with Crippen LogP contribution in [0.3, 0.4) is 0 Å². The molecule has 2 aromatic heterocycles. The molecule has 0 spiro atoms. The Bertz CT molecular complexity index is 520. The van der Waals surface area contributed by atoms with Gasteiger partial charge in [0.1, 0.15) is 0 Å². The molecule has 0 aromatic carbocycles. The van der Waals surface area contributed by atoms with Gasteiger partial charge in [0.2, 0.25) is 5.88 Å². The molecule has 0 aliphatic heterocycles. The summed E-state index contributed by atoms with van der Waals surface area (Å²) in [4.78, 5) is 8.13. The van der Waals surface area contributed by atoms with Gasteiger partial charge < -0.3 is 9.84 Å². The summed E-state index contributed by atoms with van der Waals surface area (Å²) in [5.41, 5.74) is 1.93. The second kappa shape index (κ2) is 7.21. The molecule has 0 saturated carbocycles. The Labute approximate surface area is 120 Å². The van der Waals surface area contributed by atoms with Crippen molar-refractivity contribution >= 4 is 15.9 Å². The van der Waals surface area contributed by atoms with Crippen LogP contribution in [0, 0.1) is 0 Å². The number of rotatable bonds is 6. The Morgan fingerprint density at radius 3 is 2.79 bits per heavy atom. The van der Waals surface area contributed by atoms with Crippen molar-refractivity contribution in [1.82, 2.24) is 9.97 Å². The molecular formula is C14H15BrN2O2. The molecule has 0 atom stereocenters. The van der Waals surface area contributed by atoms with E-state index in [1.807, 2.05) is 18.2 Å². The normalized spacial score (nSPS) is 10.4. The van der Waals surface area contributed by atoms with Gasteiger partial charge in [0, 0.05) is 28.6 Å². The highest BCUT2D eigenvalue weighted by molar-refractivity contribution is 9.10. The van der Waals surface area contributed by atoms with Crippen LogP contribution in [0.25, 0.3) is 0 Å². The number of aliphatic hydroxyl groups is 1. The molecule has 2 heterocycles. The van der Waals surface area contributed by atoms with Crippen molar-refractivity contribution in [3.8, 4) is 5.88 Å². The molecule has 4 nitrogen and oxygen atoms in total. The molecular weight excluding hydrogens is 308 g/mol. The van der Waals surface area contributed by atoms with Crippen LogP contribution in [0.4, 0.5) is 0 Å². The largest absolute Gasteiger partial charge is 0.477 e. The molecule has 0 amide bonds. The first kappa shape index (κ1) is 14.0. The number of aromatic nitrogens is 2. The van der Waals surface area contributed by atoms with Gasteiger partial charge >= 0.3 is 0 Å². The van der Waals surface area contributed by atoms with E-state index >= 15 is 0 Å². The standard InChI is InChI=1S/C14H15BrN2O2/c15-13-8-12(10-18)14(17-9-13)19-7-1-2-11-3-5-16-6-4-11/h3-6,8-9,18H,1-2,7,10H2. The molecule has 0 saturated heterocycles. The molecule has 2 rings (SSSR count). The third-order valence-electron chi connectivity index (χ3n) is 2.66. The number of hydrogen-bond acceptors (Lipinski definition) is 4. The molecule has 0 aliphatic carbocycles. The Balaban J connectivity index is 1.83. The van der Waals surface area contributed by atoms with E-state index in [0.29, 0.717) is 18.1 Å². The number of aliphatic hydroxyl groups excluding tert-OH is 1. The van der Waals surface area contributed by atoms with E-state index in [1.165, 1.54) is 5.56 Å². The van der Waals surface area contributed by atoms with E-state index in [-0.39, 0.29) is 6.61 Å². The predicted octanol–water partition coefficient (Wildman–Crippen LogP) is 2.74. The van der Waals surface area contributed by atoms with Gasteiger partial charge in [-0.25, -0.2) is 4.98 Å². The maximum absolute atomic E-state index is 9.23. The molecule has 0 aliphatic rings. The fraction of sp³-hybridized carbons (Fsp3) is 0.286. The predicted molar refractivity (Wildman–Crippen MR) is 75.9 cm³/mol. The number of aryl methyl sites for hydroxylation is 1. The van der Waals surface area contributed by atoms with Gasteiger partial charge in [-0.1, -0.05) is 0 Å². The Kier molecular flexibility index (Phi) is 5.30. The van der Waals surface area contributed by atoms with Crippen molar-refractivity contribution in [1.29, 1.82) is 0 Å². The summed E-state index contributed by atoms with van der Waals surface area (Å²) >= 11 is 3.31. The highest BCUT2D eigenvalue weighted by atomic mass is 79.9. The summed E-state index contributed by atoms with van der Waals surface area (Å²) in [5, 5.41) is 9.23. The molecule has 1 N–H and O–H groups in total. The molecule has 5 heteroatoms. The Hall–Kier alpha value is -1.46. The maximum atomic E-state index is 9.23. The highest BCUT2D eigenvalue weighted by Crippen LogP contribution is 2.20. The number of nitrogens with zero attached hydrogens (tertiary/aromatic N) is 2. The first-order valence-electron chi connectivity index (χ1n) is 6.06. The van der Waals surface area contributed by atoms with Gasteiger partial charge in [0.25, 0.3) is 0 Å². The maximum Gasteiger partial charge on any atom is 0.218 e. The number of halogens is 1. The Morgan fingerprint density at radius 1 is 1.26 bits per heavy atom. The van der Waals surface area contributed by atoms with Crippen LogP contribution >= 0.6 is 15.9 Å². The molecule has 0 bridgehead atoms. The third-order valence-corrected chi connectivity index (χ3v) is 3.09. The molecule has 100 valence electrons. The van der Waals surface area contributed by atoms with Gasteiger partial charge in [0.05, 0.1) is 13.2 Å². The average Bonchev–Trinajstić information content (AvgIpc) is 2.46. The van der Waals surface area contributed by atoms with E-state index in [0.717, 1.165) is 17.3 Å². The van der Waals surface area contributed by atoms with Crippen molar-refractivity contribution in [3.63, 3.8) is 0 Å². The lowest BCUT2D eigenvalue weighted by Crippen LogP contribution is -2.03. The van der Waals surface area contributed by atoms with Crippen molar-refractivity contribution in [2.24, 2.45) is 0 Å². The van der Waals surface area contributed by atoms with Crippen LogP contribution in [0.1, 0.15) is 17.5 Å². The number of ether oxygens (including phenoxy) is 1. The second-order valence-electron chi connectivity index (χ2n) is 4.08. The first-order chi connectivity index (χ1) is 9.29. The molecule has 0 fully saturated rings. The summed E-state index contributed by atoms with van der Waals surface area (Å²) in [5.74, 6) is 0.500. The number of hydrogen-bond donors (Lipinski definition) is 1. The first-order valence-corrected chi connectivity index (χ1v) is 6.86. The van der Waals surface area contributed by atoms with Crippen molar-refractivity contribution < 1.29 is 9.84 Å². The zero-order valence-corrected chi connectivity index (χ0v) is 12.0. The summed E-state index contributed by atoms with van der Waals surface area (Å²) < 4.78 is 6.43. The van der Waals surface area contributed by atoms with Crippen LogP contribution in [0.2, 0.25) is 0 Å². The monoisotopic (exact) mass is 322 g/mol. The van der Waals surface area contributed by atoms with Crippen molar-refractivity contribution in [2.45, 2.75) is 19.4 Å². The zero-order valence-electron chi connectivity index (χ0n) is 10.4. The van der Waals surface area contributed by atoms with E-state index in [1.54, 1.807) is 18.6 Å². The van der Waals surface area contributed by atoms with E-state index < -0.39 is 0 Å². The topological polar surface area (TPSA) is 55.2 Å². The van der Waals surface area contributed by atoms with Gasteiger partial charge in [-0.05, 0) is 52.5 Å². The van der Waals surface area contributed by atoms with E-state index in [4.69, 9.17) is 4.74 Å². The minimum atomic E-state index is -0.0773. The summed E-state index contributed by atoms with van der Waals surface area (Å²) in [6.45, 7) is 0.496. The van der Waals surface area contributed by atoms with Crippen LogP contribution in [-0.2, 0) is 13.0 Å². The van der Waals surface area contributed by atoms with Gasteiger partial charge in [0.15, 0.2) is 0 Å². The van der Waals surface area contributed by atoms with E-state index in [2.05, 4.69) is 25.9 Å². The van der Waals surface area contributed by atoms with Crippen LogP contribution in [-0.4, -0.2) is 21.7 Å². The Morgan fingerprint density at radius 2 is 2.05 bits per heavy atom. The zero-order chi connectivity index (χ0) is 13.5. The highest BCUT2D eigenvalue weighted by Gasteiger charge is 2.05. The SMILES string of the molecule is OCc1cc(Br)cnc1OCCCc1ccncc1. The lowest BCUT2D eigenvalue weighted by Gasteiger charge is -2.09. The minimum Gasteiger partial charge on any atom is -0.477 e. The van der Waals surface area contributed by atoms with Gasteiger partial charge in [-0.2, -0.15) is 0 Å². The second-order valence-corrected chi connectivity index (χ2v) is 5.00. The number of pyridine rings is 2. The van der Waals surface area contributed by atoms with Crippen LogP contribution < -0.4 is 4.74 Å². The molecule has 0 radical (unpaired) electrons. The summed E-state index contributed by atoms with van der Waals surface area (Å²) in [7, 11) is 0. The van der Waals surface area contributed by atoms with Crippen molar-refractivity contribution in [2.75, 3.05) is 6.61 Å². The van der Waals surface area contributed by atoms with Gasteiger partial charge in [-0.3, -0.25) is 4.98 Å². The quantitative estimate of drug-likeness (QED) is 0.831. The summed E-state index contributed by atoms with van der Waals surface area (Å²) in [6, 6.07) is 5.80. The van der Waals surface area contributed by atoms with Crippen LogP contribution in [0.5, 0.6) is 5.88 Å². The fourth-order valence-electron chi connectivity index (χ4n) is 1.71. The molecule has 19 heavy (non-hydrogen) atoms. The fourth-order valence-corrected chi connectivity index (χ4v) is 2.09. The van der Waals surface area contributed by atoms with Crippen LogP contribution in [0.15, 0.2) is 41.3 Å². The molecule has 0 unspecified atom stereocenters. The van der Waals surface area contributed by atoms with Crippen molar-refractivity contribution in [3.05, 3.63) is 52.4 Å². The lowest BCUT2D eigenvalue weighted by atomic mass is 10.1. The summed E-state index contributed by atoms with van der Waals surface area (Å²) in [6.07, 6.45) is 7.07. The average molecular weight is 323 g/mol. The smallest absolute Gasteiger partial charge is 0.218 e. The minimum absolute atomic E-state index is 0.0773.